The van der Waals surface area contributed by atoms with Gasteiger partial charge in [-0.2, -0.15) is 11.8 Å². The molecule has 0 saturated carbocycles. The maximum absolute atomic E-state index is 13.3. The Balaban J connectivity index is 1.61. The largest absolute Gasteiger partial charge is 0.389 e. The van der Waals surface area contributed by atoms with Gasteiger partial charge in [-0.15, -0.1) is 0 Å². The van der Waals surface area contributed by atoms with Crippen molar-refractivity contribution in [3.8, 4) is 0 Å². The van der Waals surface area contributed by atoms with Crippen molar-refractivity contribution >= 4 is 11.8 Å². The molecular weight excluding hydrogens is 265 g/mol. The summed E-state index contributed by atoms with van der Waals surface area (Å²) in [5.74, 6) is 2.04. The third-order valence-electron chi connectivity index (χ3n) is 3.10. The molecule has 1 heterocycles. The Labute approximate surface area is 117 Å². The van der Waals surface area contributed by atoms with Crippen molar-refractivity contribution < 1.29 is 14.2 Å². The monoisotopic (exact) mass is 285 g/mol. The van der Waals surface area contributed by atoms with Crippen LogP contribution in [0.15, 0.2) is 24.3 Å². The van der Waals surface area contributed by atoms with Crippen molar-refractivity contribution in [1.29, 1.82) is 0 Å². The lowest BCUT2D eigenvalue weighted by Crippen LogP contribution is -2.37. The van der Waals surface area contributed by atoms with Crippen LogP contribution >= 0.6 is 11.8 Å². The highest BCUT2D eigenvalue weighted by Gasteiger charge is 2.16. The molecule has 0 aromatic heterocycles. The van der Waals surface area contributed by atoms with Crippen molar-refractivity contribution in [2.24, 2.45) is 0 Å². The number of aliphatic hydroxyl groups excluding tert-OH is 1. The molecule has 1 aromatic rings. The molecule has 0 spiro atoms. The van der Waals surface area contributed by atoms with Crippen LogP contribution in [0.3, 0.4) is 0 Å². The minimum Gasteiger partial charge on any atom is -0.389 e. The maximum Gasteiger partial charge on any atom is 0.128 e. The summed E-state index contributed by atoms with van der Waals surface area (Å²) in [6.07, 6.45) is 0.616. The van der Waals surface area contributed by atoms with Gasteiger partial charge in [0.15, 0.2) is 0 Å². The Bertz CT molecular complexity index is 385. The van der Waals surface area contributed by atoms with Crippen LogP contribution in [-0.4, -0.2) is 41.9 Å². The van der Waals surface area contributed by atoms with Gasteiger partial charge in [-0.25, -0.2) is 4.39 Å². The van der Waals surface area contributed by atoms with Crippen LogP contribution in [0.5, 0.6) is 0 Å². The first-order valence-corrected chi connectivity index (χ1v) is 7.71. The summed E-state index contributed by atoms with van der Waals surface area (Å²) in [5, 5.41) is 13.1. The minimum absolute atomic E-state index is 0.197. The molecule has 3 nitrogen and oxygen atoms in total. The average Bonchev–Trinajstić information content (AvgIpc) is 2.92. The molecule has 2 atom stereocenters. The Morgan fingerprint density at radius 2 is 2.32 bits per heavy atom. The van der Waals surface area contributed by atoms with E-state index in [0.29, 0.717) is 18.2 Å². The molecule has 1 saturated heterocycles. The molecule has 2 unspecified atom stereocenters. The number of rotatable bonds is 7. The predicted molar refractivity (Wildman–Crippen MR) is 75.8 cm³/mol. The number of hydrogen-bond donors (Lipinski definition) is 2. The number of halogens is 1. The zero-order valence-corrected chi connectivity index (χ0v) is 11.7. The zero-order valence-electron chi connectivity index (χ0n) is 10.8. The van der Waals surface area contributed by atoms with E-state index in [0.717, 1.165) is 12.2 Å². The summed E-state index contributed by atoms with van der Waals surface area (Å²) in [6, 6.07) is 7.03. The van der Waals surface area contributed by atoms with Gasteiger partial charge in [-0.1, -0.05) is 18.2 Å². The van der Waals surface area contributed by atoms with Gasteiger partial charge in [0.05, 0.1) is 19.3 Å². The van der Waals surface area contributed by atoms with Crippen LogP contribution in [0.4, 0.5) is 4.39 Å². The van der Waals surface area contributed by atoms with Crippen LogP contribution in [0, 0.1) is 5.82 Å². The highest BCUT2D eigenvalue weighted by atomic mass is 32.2. The molecule has 0 amide bonds. The van der Waals surface area contributed by atoms with E-state index < -0.39 is 6.10 Å². The van der Waals surface area contributed by atoms with Crippen molar-refractivity contribution in [3.63, 3.8) is 0 Å². The Morgan fingerprint density at radius 3 is 3.05 bits per heavy atom. The molecular formula is C14H20FNO2S. The molecule has 0 aliphatic carbocycles. The number of benzene rings is 1. The van der Waals surface area contributed by atoms with E-state index in [1.807, 2.05) is 11.8 Å². The van der Waals surface area contributed by atoms with Crippen molar-refractivity contribution in [3.05, 3.63) is 35.6 Å². The first kappa shape index (κ1) is 14.8. The molecule has 5 heteroatoms. The molecule has 2 N–H and O–H groups in total. The summed E-state index contributed by atoms with van der Waals surface area (Å²) in [7, 11) is 0. The molecule has 0 bridgehead atoms. The lowest BCUT2D eigenvalue weighted by Gasteiger charge is -2.16. The predicted octanol–water partition coefficient (Wildman–Crippen LogP) is 1.80. The molecule has 2 rings (SSSR count). The minimum atomic E-state index is -0.544. The lowest BCUT2D eigenvalue weighted by atomic mass is 10.2. The average molecular weight is 285 g/mol. The second kappa shape index (κ2) is 7.85. The fourth-order valence-corrected chi connectivity index (χ4v) is 3.16. The van der Waals surface area contributed by atoms with Crippen molar-refractivity contribution in [2.45, 2.75) is 25.2 Å². The molecule has 106 valence electrons. The normalized spacial score (nSPS) is 20.6. The summed E-state index contributed by atoms with van der Waals surface area (Å²) < 4.78 is 18.7. The quantitative estimate of drug-likeness (QED) is 0.801. The zero-order chi connectivity index (χ0) is 13.5. The number of hydrogen-bond acceptors (Lipinski definition) is 4. The van der Waals surface area contributed by atoms with Gasteiger partial charge in [-0.05, 0) is 18.2 Å². The van der Waals surface area contributed by atoms with Gasteiger partial charge in [0.1, 0.15) is 5.82 Å². The highest BCUT2D eigenvalue weighted by molar-refractivity contribution is 7.99. The van der Waals surface area contributed by atoms with Gasteiger partial charge < -0.3 is 15.2 Å². The SMILES string of the molecule is OC(CNC1CCSC1)COCc1ccccc1F. The molecule has 0 radical (unpaired) electrons. The molecule has 1 aliphatic rings. The van der Waals surface area contributed by atoms with Crippen molar-refractivity contribution in [2.75, 3.05) is 24.7 Å². The van der Waals surface area contributed by atoms with Crippen LogP contribution in [0.2, 0.25) is 0 Å². The van der Waals surface area contributed by atoms with Crippen LogP contribution < -0.4 is 5.32 Å². The summed E-state index contributed by atoms with van der Waals surface area (Å²) >= 11 is 1.93. The van der Waals surface area contributed by atoms with E-state index in [2.05, 4.69) is 5.32 Å². The van der Waals surface area contributed by atoms with E-state index in [1.165, 1.54) is 11.8 Å². The summed E-state index contributed by atoms with van der Waals surface area (Å²) in [5.41, 5.74) is 0.523. The van der Waals surface area contributed by atoms with Gasteiger partial charge >= 0.3 is 0 Å². The third-order valence-corrected chi connectivity index (χ3v) is 4.26. The van der Waals surface area contributed by atoms with Crippen LogP contribution in [-0.2, 0) is 11.3 Å². The van der Waals surface area contributed by atoms with Gasteiger partial charge in [0, 0.05) is 23.9 Å². The highest BCUT2D eigenvalue weighted by Crippen LogP contribution is 2.16. The number of thioether (sulfide) groups is 1. The topological polar surface area (TPSA) is 41.5 Å². The maximum atomic E-state index is 13.3. The molecule has 1 aromatic carbocycles. The molecule has 1 aliphatic heterocycles. The Kier molecular flexibility index (Phi) is 6.10. The number of aliphatic hydroxyl groups is 1. The van der Waals surface area contributed by atoms with E-state index in [1.54, 1.807) is 18.2 Å². The Morgan fingerprint density at radius 1 is 1.47 bits per heavy atom. The van der Waals surface area contributed by atoms with E-state index in [4.69, 9.17) is 4.74 Å². The van der Waals surface area contributed by atoms with E-state index >= 15 is 0 Å². The third kappa shape index (κ3) is 5.10. The molecule has 19 heavy (non-hydrogen) atoms. The fraction of sp³-hybridized carbons (Fsp3) is 0.571. The lowest BCUT2D eigenvalue weighted by molar-refractivity contribution is 0.0270. The first-order chi connectivity index (χ1) is 9.25. The van der Waals surface area contributed by atoms with Gasteiger partial charge in [-0.3, -0.25) is 0 Å². The first-order valence-electron chi connectivity index (χ1n) is 6.56. The van der Waals surface area contributed by atoms with Crippen LogP contribution in [0.25, 0.3) is 0 Å². The summed E-state index contributed by atoms with van der Waals surface area (Å²) in [6.45, 7) is 0.951. The van der Waals surface area contributed by atoms with E-state index in [9.17, 15) is 9.50 Å². The molecule has 1 fully saturated rings. The second-order valence-corrected chi connectivity index (χ2v) is 5.88. The smallest absolute Gasteiger partial charge is 0.128 e. The van der Waals surface area contributed by atoms with E-state index in [-0.39, 0.29) is 19.0 Å². The summed E-state index contributed by atoms with van der Waals surface area (Å²) in [4.78, 5) is 0. The van der Waals surface area contributed by atoms with Crippen LogP contribution in [0.1, 0.15) is 12.0 Å². The van der Waals surface area contributed by atoms with Gasteiger partial charge in [0.2, 0.25) is 0 Å². The fourth-order valence-electron chi connectivity index (χ4n) is 1.98. The van der Waals surface area contributed by atoms with Gasteiger partial charge in [0.25, 0.3) is 0 Å². The second-order valence-electron chi connectivity index (χ2n) is 4.73. The number of nitrogens with one attached hydrogen (secondary N) is 1. The standard InChI is InChI=1S/C14H20FNO2S/c15-14-4-2-1-3-11(14)8-18-9-13(17)7-16-12-5-6-19-10-12/h1-4,12-13,16-17H,5-10H2. The Hall–Kier alpha value is -0.620. The van der Waals surface area contributed by atoms with Crippen molar-refractivity contribution in [1.82, 2.24) is 5.32 Å². The number of ether oxygens (including phenoxy) is 1.